The van der Waals surface area contributed by atoms with Gasteiger partial charge in [0.15, 0.2) is 0 Å². The smallest absolute Gasteiger partial charge is 0.240 e. The summed E-state index contributed by atoms with van der Waals surface area (Å²) in [5, 5.41) is 0. The number of benzene rings is 2. The van der Waals surface area contributed by atoms with Gasteiger partial charge < -0.3 is 31.2 Å². The van der Waals surface area contributed by atoms with E-state index in [-0.39, 0.29) is 35.7 Å². The van der Waals surface area contributed by atoms with Crippen LogP contribution in [0, 0.1) is 11.8 Å². The third kappa shape index (κ3) is 6.43. The van der Waals surface area contributed by atoms with Crippen LogP contribution in [0.25, 0.3) is 33.6 Å². The van der Waals surface area contributed by atoms with E-state index < -0.39 is 12.1 Å². The molecule has 1 saturated heterocycles. The number of nitrogens with zero attached hydrogens (tertiary/aromatic N) is 4. The number of imidazole rings is 2. The van der Waals surface area contributed by atoms with Gasteiger partial charge in [0.25, 0.3) is 0 Å². The number of likely N-dealkylation sites (N-methyl/N-ethyl adjacent to an activating group) is 1. The monoisotopic (exact) mass is 650 g/mol. The van der Waals surface area contributed by atoms with Crippen LogP contribution in [0.2, 0.25) is 0 Å². The SMILES string of the molecule is CC(C)[C@H](N)C(=O)N(C)[C@@H](C)c1ncc(-c2ccc(-c3ccc4c(c3)CCCc3[nH]c([C@@H]5CCCN5C(=O)[C@@H](N)C(C)C)nc3-4)cc2)[nH]1. The number of aromatic amines is 2. The predicted molar refractivity (Wildman–Crippen MR) is 190 cm³/mol. The van der Waals surface area contributed by atoms with Crippen molar-refractivity contribution in [1.82, 2.24) is 29.7 Å². The zero-order valence-electron chi connectivity index (χ0n) is 29.1. The molecule has 2 amide bonds. The highest BCUT2D eigenvalue weighted by atomic mass is 16.2. The highest BCUT2D eigenvalue weighted by molar-refractivity contribution is 5.83. The molecule has 0 bridgehead atoms. The third-order valence-corrected chi connectivity index (χ3v) is 10.3. The number of aryl methyl sites for hydroxylation is 2. The highest BCUT2D eigenvalue weighted by Gasteiger charge is 2.36. The molecule has 2 aromatic heterocycles. The summed E-state index contributed by atoms with van der Waals surface area (Å²) in [5.74, 6) is 1.68. The van der Waals surface area contributed by atoms with Gasteiger partial charge in [-0.1, -0.05) is 70.2 Å². The van der Waals surface area contributed by atoms with Crippen LogP contribution in [0.5, 0.6) is 0 Å². The number of rotatable bonds is 9. The zero-order valence-corrected chi connectivity index (χ0v) is 29.1. The first-order chi connectivity index (χ1) is 22.9. The number of amides is 2. The molecule has 1 aliphatic carbocycles. The fourth-order valence-corrected chi connectivity index (χ4v) is 6.88. The average molecular weight is 651 g/mol. The van der Waals surface area contributed by atoms with E-state index in [0.29, 0.717) is 0 Å². The average Bonchev–Trinajstić information content (AvgIpc) is 3.85. The fraction of sp³-hybridized carbons (Fsp3) is 0.474. The van der Waals surface area contributed by atoms with E-state index in [1.54, 1.807) is 11.9 Å². The molecule has 6 N–H and O–H groups in total. The second-order valence-corrected chi connectivity index (χ2v) is 14.3. The van der Waals surface area contributed by atoms with E-state index in [1.165, 1.54) is 5.56 Å². The van der Waals surface area contributed by atoms with Crippen molar-refractivity contribution in [2.24, 2.45) is 23.3 Å². The number of likely N-dealkylation sites (tertiary alicyclic amines) is 1. The molecule has 2 aliphatic rings. The molecule has 0 spiro atoms. The third-order valence-electron chi connectivity index (χ3n) is 10.3. The van der Waals surface area contributed by atoms with Gasteiger partial charge in [-0.2, -0.15) is 0 Å². The molecular weight excluding hydrogens is 600 g/mol. The van der Waals surface area contributed by atoms with Gasteiger partial charge in [0.1, 0.15) is 11.6 Å². The van der Waals surface area contributed by atoms with Crippen LogP contribution >= 0.6 is 0 Å². The number of aromatic nitrogens is 4. The Kier molecular flexibility index (Phi) is 9.58. The lowest BCUT2D eigenvalue weighted by Gasteiger charge is -2.27. The first-order valence-electron chi connectivity index (χ1n) is 17.4. The molecule has 10 heteroatoms. The number of carbonyl (C=O) groups is 2. The van der Waals surface area contributed by atoms with Crippen LogP contribution in [0.3, 0.4) is 0 Å². The Morgan fingerprint density at radius 2 is 1.58 bits per heavy atom. The normalized spacial score (nSPS) is 18.0. The molecule has 0 unspecified atom stereocenters. The van der Waals surface area contributed by atoms with Crippen molar-refractivity contribution in [1.29, 1.82) is 0 Å². The maximum atomic E-state index is 13.2. The minimum Gasteiger partial charge on any atom is -0.344 e. The number of fused-ring (bicyclic) bond motifs is 3. The van der Waals surface area contributed by atoms with Crippen LogP contribution in [-0.2, 0) is 22.4 Å². The Labute approximate surface area is 283 Å². The van der Waals surface area contributed by atoms with Crippen LogP contribution in [0.1, 0.15) is 88.9 Å². The fourth-order valence-electron chi connectivity index (χ4n) is 6.88. The van der Waals surface area contributed by atoms with Crippen molar-refractivity contribution in [3.8, 4) is 33.6 Å². The molecule has 4 aromatic rings. The van der Waals surface area contributed by atoms with E-state index in [1.807, 2.05) is 45.7 Å². The van der Waals surface area contributed by atoms with Gasteiger partial charge in [-0.3, -0.25) is 9.59 Å². The lowest BCUT2D eigenvalue weighted by Crippen LogP contribution is -2.46. The quantitative estimate of drug-likeness (QED) is 0.181. The first kappa shape index (κ1) is 33.6. The van der Waals surface area contributed by atoms with Gasteiger partial charge in [0, 0.05) is 24.8 Å². The summed E-state index contributed by atoms with van der Waals surface area (Å²) < 4.78 is 0. The van der Waals surface area contributed by atoms with Gasteiger partial charge >= 0.3 is 0 Å². The molecular formula is C38H50N8O2. The predicted octanol–water partition coefficient (Wildman–Crippen LogP) is 5.77. The second-order valence-electron chi connectivity index (χ2n) is 14.3. The first-order valence-corrected chi connectivity index (χ1v) is 17.4. The molecule has 3 heterocycles. The minimum absolute atomic E-state index is 0.0177. The maximum absolute atomic E-state index is 13.2. The summed E-state index contributed by atoms with van der Waals surface area (Å²) in [6.45, 7) is 10.6. The van der Waals surface area contributed by atoms with Crippen LogP contribution in [-0.4, -0.2) is 67.2 Å². The minimum atomic E-state index is -0.541. The van der Waals surface area contributed by atoms with Crippen molar-refractivity contribution in [2.75, 3.05) is 13.6 Å². The number of carbonyl (C=O) groups excluding carboxylic acids is 2. The topological polar surface area (TPSA) is 150 Å². The van der Waals surface area contributed by atoms with Crippen molar-refractivity contribution >= 4 is 11.8 Å². The molecule has 0 radical (unpaired) electrons. The highest BCUT2D eigenvalue weighted by Crippen LogP contribution is 2.38. The van der Waals surface area contributed by atoms with Gasteiger partial charge in [-0.05, 0) is 73.1 Å². The molecule has 48 heavy (non-hydrogen) atoms. The second kappa shape index (κ2) is 13.7. The molecule has 254 valence electrons. The maximum Gasteiger partial charge on any atom is 0.240 e. The Morgan fingerprint density at radius 1 is 0.896 bits per heavy atom. The number of nitrogens with one attached hydrogen (secondary N) is 2. The Hall–Kier alpha value is -4.28. The largest absolute Gasteiger partial charge is 0.344 e. The van der Waals surface area contributed by atoms with E-state index in [9.17, 15) is 9.59 Å². The van der Waals surface area contributed by atoms with Crippen molar-refractivity contribution in [3.05, 3.63) is 71.6 Å². The molecule has 1 aliphatic heterocycles. The van der Waals surface area contributed by atoms with Crippen LogP contribution in [0.15, 0.2) is 48.7 Å². The van der Waals surface area contributed by atoms with Crippen molar-refractivity contribution < 1.29 is 9.59 Å². The number of hydrogen-bond donors (Lipinski definition) is 4. The van der Waals surface area contributed by atoms with Gasteiger partial charge in [-0.15, -0.1) is 0 Å². The molecule has 10 nitrogen and oxygen atoms in total. The summed E-state index contributed by atoms with van der Waals surface area (Å²) in [6, 6.07) is 13.8. The van der Waals surface area contributed by atoms with E-state index >= 15 is 0 Å². The molecule has 1 fully saturated rings. The van der Waals surface area contributed by atoms with Crippen LogP contribution < -0.4 is 11.5 Å². The molecule has 2 aromatic carbocycles. The van der Waals surface area contributed by atoms with Crippen LogP contribution in [0.4, 0.5) is 0 Å². The summed E-state index contributed by atoms with van der Waals surface area (Å²) in [4.78, 5) is 46.3. The molecule has 0 saturated carbocycles. The Bertz CT molecular complexity index is 1770. The summed E-state index contributed by atoms with van der Waals surface area (Å²) in [6.07, 6.45) is 6.60. The lowest BCUT2D eigenvalue weighted by molar-refractivity contribution is -0.135. The van der Waals surface area contributed by atoms with E-state index in [0.717, 1.165) is 89.6 Å². The number of hydrogen-bond acceptors (Lipinski definition) is 6. The van der Waals surface area contributed by atoms with Gasteiger partial charge in [-0.25, -0.2) is 9.97 Å². The summed E-state index contributed by atoms with van der Waals surface area (Å²) >= 11 is 0. The molecule has 6 rings (SSSR count). The van der Waals surface area contributed by atoms with Gasteiger partial charge in [0.2, 0.25) is 11.8 Å². The van der Waals surface area contributed by atoms with E-state index in [2.05, 4.69) is 57.4 Å². The van der Waals surface area contributed by atoms with Crippen molar-refractivity contribution in [3.63, 3.8) is 0 Å². The van der Waals surface area contributed by atoms with Crippen molar-refractivity contribution in [2.45, 2.75) is 90.9 Å². The standard InChI is InChI=1S/C38H50N8O2/c1-21(2)32(39)37(47)45(6)23(5)35-41-20-30(43-35)25-14-12-24(13-15-25)26-16-17-28-27(19-26)9-7-10-29-34(28)44-36(42-29)31-11-8-18-46(31)38(48)33(40)22(3)4/h12-17,19-23,31-33H,7-11,18,39-40H2,1-6H3,(H,41,43)(H,42,44)/t23-,31-,32-,33-/m0/s1. The zero-order chi connectivity index (χ0) is 34.3. The Balaban J connectivity index is 1.19. The Morgan fingerprint density at radius 3 is 2.29 bits per heavy atom. The van der Waals surface area contributed by atoms with Gasteiger partial charge in [0.05, 0.1) is 41.8 Å². The number of nitrogens with two attached hydrogens (primary N) is 2. The number of H-pyrrole nitrogens is 2. The summed E-state index contributed by atoms with van der Waals surface area (Å²) in [5.41, 5.74) is 21.2. The summed E-state index contributed by atoms with van der Waals surface area (Å²) in [7, 11) is 1.77. The lowest BCUT2D eigenvalue weighted by atomic mass is 9.95. The van der Waals surface area contributed by atoms with E-state index in [4.69, 9.17) is 16.5 Å². The molecule has 4 atom stereocenters.